The van der Waals surface area contributed by atoms with Crippen LogP contribution < -0.4 is 5.32 Å². The van der Waals surface area contributed by atoms with Crippen molar-refractivity contribution >= 4 is 23.3 Å². The van der Waals surface area contributed by atoms with Gasteiger partial charge in [0.1, 0.15) is 17.5 Å². The molecule has 1 heterocycles. The van der Waals surface area contributed by atoms with Crippen molar-refractivity contribution in [2.75, 3.05) is 5.32 Å². The summed E-state index contributed by atoms with van der Waals surface area (Å²) in [5, 5.41) is 2.43. The quantitative estimate of drug-likeness (QED) is 0.881. The van der Waals surface area contributed by atoms with E-state index in [1.54, 1.807) is 0 Å². The van der Waals surface area contributed by atoms with Crippen molar-refractivity contribution in [3.8, 4) is 0 Å². The van der Waals surface area contributed by atoms with E-state index in [1.807, 2.05) is 0 Å². The molecule has 0 bridgehead atoms. The summed E-state index contributed by atoms with van der Waals surface area (Å²) in [4.78, 5) is 19.1. The number of carbonyl (C=O) groups is 1. The highest BCUT2D eigenvalue weighted by Gasteiger charge is 2.10. The third kappa shape index (κ3) is 3.69. The number of carbonyl (C=O) groups excluding carboxylic acids is 1. The zero-order chi connectivity index (χ0) is 13.8. The monoisotopic (exact) mass is 283 g/mol. The number of rotatable bonds is 3. The van der Waals surface area contributed by atoms with E-state index in [4.69, 9.17) is 11.6 Å². The summed E-state index contributed by atoms with van der Waals surface area (Å²) in [5.41, 5.74) is 0.0963. The van der Waals surface area contributed by atoms with Crippen molar-refractivity contribution in [3.63, 3.8) is 0 Å². The molecule has 1 N–H and O–H groups in total. The Morgan fingerprint density at radius 2 is 2.11 bits per heavy atom. The fourth-order valence-electron chi connectivity index (χ4n) is 1.43. The lowest BCUT2D eigenvalue weighted by molar-refractivity contribution is -0.115. The fraction of sp³-hybridized carbons (Fsp3) is 0.0833. The third-order valence-electron chi connectivity index (χ3n) is 2.26. The van der Waals surface area contributed by atoms with Crippen LogP contribution in [-0.2, 0) is 11.2 Å². The number of hydrogen-bond acceptors (Lipinski definition) is 3. The molecule has 4 nitrogen and oxygen atoms in total. The summed E-state index contributed by atoms with van der Waals surface area (Å²) in [5.74, 6) is -1.73. The standard InChI is InChI=1S/C12H8ClF2N3O/c13-12-16-4-3-10(18-12)17-11(19)5-7-1-2-8(14)6-9(7)15/h1-4,6H,5H2,(H,16,17,18,19). The minimum atomic E-state index is -0.768. The molecule has 1 aromatic carbocycles. The van der Waals surface area contributed by atoms with Gasteiger partial charge in [0.2, 0.25) is 11.2 Å². The second kappa shape index (κ2) is 5.71. The Bertz CT molecular complexity index is 622. The first-order valence-corrected chi connectivity index (χ1v) is 5.65. The summed E-state index contributed by atoms with van der Waals surface area (Å²) in [6, 6.07) is 4.49. The predicted molar refractivity (Wildman–Crippen MR) is 65.7 cm³/mol. The highest BCUT2D eigenvalue weighted by molar-refractivity contribution is 6.28. The average Bonchev–Trinajstić information content (AvgIpc) is 2.33. The molecule has 0 aliphatic heterocycles. The first kappa shape index (κ1) is 13.4. The number of aromatic nitrogens is 2. The summed E-state index contributed by atoms with van der Waals surface area (Å²) in [7, 11) is 0. The Hall–Kier alpha value is -2.08. The van der Waals surface area contributed by atoms with Crippen LogP contribution in [0.5, 0.6) is 0 Å². The topological polar surface area (TPSA) is 54.9 Å². The van der Waals surface area contributed by atoms with Crippen molar-refractivity contribution in [2.45, 2.75) is 6.42 Å². The molecule has 0 unspecified atom stereocenters. The van der Waals surface area contributed by atoms with E-state index >= 15 is 0 Å². The molecule has 0 aliphatic carbocycles. The minimum absolute atomic E-state index is 0.00855. The van der Waals surface area contributed by atoms with Crippen LogP contribution in [0.1, 0.15) is 5.56 Å². The van der Waals surface area contributed by atoms with E-state index in [0.29, 0.717) is 0 Å². The normalized spacial score (nSPS) is 10.3. The van der Waals surface area contributed by atoms with Gasteiger partial charge in [0.15, 0.2) is 0 Å². The lowest BCUT2D eigenvalue weighted by Gasteiger charge is -2.05. The highest BCUT2D eigenvalue weighted by Crippen LogP contribution is 2.12. The molecule has 0 radical (unpaired) electrons. The third-order valence-corrected chi connectivity index (χ3v) is 2.44. The fourth-order valence-corrected chi connectivity index (χ4v) is 1.58. The van der Waals surface area contributed by atoms with Gasteiger partial charge in [-0.05, 0) is 29.3 Å². The number of hydrogen-bond donors (Lipinski definition) is 1. The smallest absolute Gasteiger partial charge is 0.230 e. The average molecular weight is 284 g/mol. The van der Waals surface area contributed by atoms with Gasteiger partial charge < -0.3 is 5.32 Å². The summed E-state index contributed by atoms with van der Waals surface area (Å²) >= 11 is 5.56. The van der Waals surface area contributed by atoms with Crippen molar-refractivity contribution in [2.24, 2.45) is 0 Å². The maximum Gasteiger partial charge on any atom is 0.230 e. The van der Waals surface area contributed by atoms with Gasteiger partial charge >= 0.3 is 0 Å². The number of benzene rings is 1. The second-order valence-electron chi connectivity index (χ2n) is 3.67. The van der Waals surface area contributed by atoms with Crippen LogP contribution in [-0.4, -0.2) is 15.9 Å². The van der Waals surface area contributed by atoms with E-state index in [1.165, 1.54) is 18.3 Å². The zero-order valence-corrected chi connectivity index (χ0v) is 10.3. The first-order chi connectivity index (χ1) is 9.04. The van der Waals surface area contributed by atoms with E-state index < -0.39 is 17.5 Å². The number of nitrogens with one attached hydrogen (secondary N) is 1. The molecule has 1 amide bonds. The molecule has 2 aromatic rings. The first-order valence-electron chi connectivity index (χ1n) is 5.27. The number of halogens is 3. The minimum Gasteiger partial charge on any atom is -0.310 e. The van der Waals surface area contributed by atoms with Crippen LogP contribution in [0.15, 0.2) is 30.5 Å². The molecule has 98 valence electrons. The SMILES string of the molecule is O=C(Cc1ccc(F)cc1F)Nc1ccnc(Cl)n1. The molecule has 0 spiro atoms. The summed E-state index contributed by atoms with van der Waals surface area (Å²) < 4.78 is 26.1. The summed E-state index contributed by atoms with van der Waals surface area (Å²) in [6.07, 6.45) is 1.15. The molecule has 0 saturated heterocycles. The Kier molecular flexibility index (Phi) is 4.01. The Morgan fingerprint density at radius 3 is 2.79 bits per heavy atom. The summed E-state index contributed by atoms with van der Waals surface area (Å²) in [6.45, 7) is 0. The maximum absolute atomic E-state index is 13.3. The van der Waals surface area contributed by atoms with E-state index in [9.17, 15) is 13.6 Å². The zero-order valence-electron chi connectivity index (χ0n) is 9.53. The highest BCUT2D eigenvalue weighted by atomic mass is 35.5. The molecule has 0 fully saturated rings. The van der Waals surface area contributed by atoms with Gasteiger partial charge in [-0.2, -0.15) is 0 Å². The van der Waals surface area contributed by atoms with Gasteiger partial charge in [0.25, 0.3) is 0 Å². The molecule has 0 saturated carbocycles. The molecular formula is C12H8ClF2N3O. The lowest BCUT2D eigenvalue weighted by Crippen LogP contribution is -2.16. The van der Waals surface area contributed by atoms with Crippen LogP contribution in [0.25, 0.3) is 0 Å². The van der Waals surface area contributed by atoms with E-state index in [0.717, 1.165) is 12.1 Å². The molecule has 1 aromatic heterocycles. The van der Waals surface area contributed by atoms with Crippen molar-refractivity contribution < 1.29 is 13.6 Å². The molecular weight excluding hydrogens is 276 g/mol. The van der Waals surface area contributed by atoms with Gasteiger partial charge in [0, 0.05) is 12.3 Å². The number of amides is 1. The number of nitrogens with zero attached hydrogens (tertiary/aromatic N) is 2. The van der Waals surface area contributed by atoms with Gasteiger partial charge in [-0.15, -0.1) is 0 Å². The Morgan fingerprint density at radius 1 is 1.32 bits per heavy atom. The van der Waals surface area contributed by atoms with E-state index in [-0.39, 0.29) is 23.1 Å². The lowest BCUT2D eigenvalue weighted by atomic mass is 10.1. The van der Waals surface area contributed by atoms with Gasteiger partial charge in [-0.25, -0.2) is 18.7 Å². The number of anilines is 1. The van der Waals surface area contributed by atoms with Crippen LogP contribution in [0.3, 0.4) is 0 Å². The van der Waals surface area contributed by atoms with Crippen molar-refractivity contribution in [1.29, 1.82) is 0 Å². The largest absolute Gasteiger partial charge is 0.310 e. The van der Waals surface area contributed by atoms with Crippen LogP contribution >= 0.6 is 11.6 Å². The van der Waals surface area contributed by atoms with Crippen LogP contribution in [0.2, 0.25) is 5.28 Å². The maximum atomic E-state index is 13.3. The van der Waals surface area contributed by atoms with Gasteiger partial charge in [-0.1, -0.05) is 6.07 Å². The Labute approximate surface area is 112 Å². The van der Waals surface area contributed by atoms with Crippen LogP contribution in [0, 0.1) is 11.6 Å². The van der Waals surface area contributed by atoms with Crippen LogP contribution in [0.4, 0.5) is 14.6 Å². The molecule has 19 heavy (non-hydrogen) atoms. The van der Waals surface area contributed by atoms with Crippen molar-refractivity contribution in [1.82, 2.24) is 9.97 Å². The second-order valence-corrected chi connectivity index (χ2v) is 4.01. The Balaban J connectivity index is 2.05. The van der Waals surface area contributed by atoms with Gasteiger partial charge in [0.05, 0.1) is 6.42 Å². The molecule has 2 rings (SSSR count). The van der Waals surface area contributed by atoms with E-state index in [2.05, 4.69) is 15.3 Å². The molecule has 0 aliphatic rings. The molecule has 0 atom stereocenters. The molecule has 7 heteroatoms. The van der Waals surface area contributed by atoms with Crippen molar-refractivity contribution in [3.05, 3.63) is 52.9 Å². The predicted octanol–water partition coefficient (Wildman–Crippen LogP) is 2.59. The van der Waals surface area contributed by atoms with Gasteiger partial charge in [-0.3, -0.25) is 4.79 Å².